The lowest BCUT2D eigenvalue weighted by atomic mass is 9.93. The van der Waals surface area contributed by atoms with Crippen LogP contribution in [0, 0.1) is 0 Å². The quantitative estimate of drug-likeness (QED) is 0.802. The zero-order valence-electron chi connectivity index (χ0n) is 8.94. The minimum atomic E-state index is -4.28. The Labute approximate surface area is 87.3 Å². The second-order valence-corrected chi connectivity index (χ2v) is 3.95. The van der Waals surface area contributed by atoms with Crippen LogP contribution in [0.4, 0.5) is 13.2 Å². The summed E-state index contributed by atoms with van der Waals surface area (Å²) in [6.45, 7) is 3.67. The first-order chi connectivity index (χ1) is 6.77. The lowest BCUT2D eigenvalue weighted by Crippen LogP contribution is -2.33. The fourth-order valence-corrected chi connectivity index (χ4v) is 1.23. The number of hydrogen-bond acceptors (Lipinski definition) is 1. The summed E-state index contributed by atoms with van der Waals surface area (Å²) in [4.78, 5) is 0. The van der Waals surface area contributed by atoms with Gasteiger partial charge in [0.05, 0.1) is 5.56 Å². The van der Waals surface area contributed by atoms with Gasteiger partial charge < -0.3 is 5.32 Å². The zero-order valence-corrected chi connectivity index (χ0v) is 8.94. The first-order valence-corrected chi connectivity index (χ1v) is 4.64. The molecule has 0 saturated heterocycles. The van der Waals surface area contributed by atoms with E-state index < -0.39 is 17.3 Å². The highest BCUT2D eigenvalue weighted by Gasteiger charge is 2.31. The first kappa shape index (κ1) is 12.0. The fraction of sp³-hybridized carbons (Fsp3) is 0.455. The lowest BCUT2D eigenvalue weighted by Gasteiger charge is -2.25. The Morgan fingerprint density at radius 2 is 1.60 bits per heavy atom. The Bertz CT molecular complexity index is 342. The smallest absolute Gasteiger partial charge is 0.311 e. The van der Waals surface area contributed by atoms with E-state index >= 15 is 0 Å². The molecule has 1 N–H and O–H groups in total. The maximum Gasteiger partial charge on any atom is 0.416 e. The summed E-state index contributed by atoms with van der Waals surface area (Å²) in [7, 11) is 1.72. The van der Waals surface area contributed by atoms with Gasteiger partial charge >= 0.3 is 6.18 Å². The van der Waals surface area contributed by atoms with Gasteiger partial charge in [-0.15, -0.1) is 0 Å². The van der Waals surface area contributed by atoms with E-state index in [0.29, 0.717) is 5.56 Å². The van der Waals surface area contributed by atoms with Crippen LogP contribution in [-0.4, -0.2) is 7.05 Å². The Kier molecular flexibility index (Phi) is 3.09. The Hall–Kier alpha value is -1.03. The second-order valence-electron chi connectivity index (χ2n) is 3.95. The number of alkyl halides is 3. The summed E-state index contributed by atoms with van der Waals surface area (Å²) >= 11 is 0. The van der Waals surface area contributed by atoms with Crippen molar-refractivity contribution in [2.45, 2.75) is 25.6 Å². The van der Waals surface area contributed by atoms with Gasteiger partial charge in [-0.25, -0.2) is 0 Å². The van der Waals surface area contributed by atoms with Crippen molar-refractivity contribution >= 4 is 0 Å². The molecular formula is C11H14F3N. The van der Waals surface area contributed by atoms with Crippen LogP contribution < -0.4 is 5.32 Å². The van der Waals surface area contributed by atoms with Crippen LogP contribution in [-0.2, 0) is 11.7 Å². The SMILES string of the molecule is CNC(C)(C)c1cccc(C(F)(F)F)c1. The highest BCUT2D eigenvalue weighted by Crippen LogP contribution is 2.31. The van der Waals surface area contributed by atoms with Crippen LogP contribution in [0.1, 0.15) is 25.0 Å². The van der Waals surface area contributed by atoms with Crippen LogP contribution in [0.15, 0.2) is 24.3 Å². The van der Waals surface area contributed by atoms with Crippen LogP contribution in [0.2, 0.25) is 0 Å². The molecule has 0 unspecified atom stereocenters. The molecule has 0 aromatic heterocycles. The molecule has 1 rings (SSSR count). The summed E-state index contributed by atoms with van der Waals surface area (Å²) in [5.41, 5.74) is -0.440. The molecule has 1 nitrogen and oxygen atoms in total. The Balaban J connectivity index is 3.14. The van der Waals surface area contributed by atoms with E-state index in [2.05, 4.69) is 5.32 Å². The van der Waals surface area contributed by atoms with Gasteiger partial charge in [0.15, 0.2) is 0 Å². The van der Waals surface area contributed by atoms with Gasteiger partial charge in [0.25, 0.3) is 0 Å². The molecule has 0 aliphatic rings. The van der Waals surface area contributed by atoms with E-state index in [1.165, 1.54) is 12.1 Å². The standard InChI is InChI=1S/C11H14F3N/c1-10(2,15-3)8-5-4-6-9(7-8)11(12,13)14/h4-7,15H,1-3H3. The van der Waals surface area contributed by atoms with Crippen molar-refractivity contribution in [1.82, 2.24) is 5.32 Å². The van der Waals surface area contributed by atoms with Gasteiger partial charge in [0.2, 0.25) is 0 Å². The maximum atomic E-state index is 12.4. The minimum absolute atomic E-state index is 0.457. The average molecular weight is 217 g/mol. The van der Waals surface area contributed by atoms with E-state index in [4.69, 9.17) is 0 Å². The van der Waals surface area contributed by atoms with Crippen molar-refractivity contribution in [3.8, 4) is 0 Å². The van der Waals surface area contributed by atoms with Crippen LogP contribution in [0.5, 0.6) is 0 Å². The normalized spacial score (nSPS) is 12.9. The Morgan fingerprint density at radius 3 is 2.07 bits per heavy atom. The third-order valence-electron chi connectivity index (χ3n) is 2.54. The third kappa shape index (κ3) is 2.72. The largest absolute Gasteiger partial charge is 0.416 e. The molecule has 84 valence electrons. The summed E-state index contributed by atoms with van der Waals surface area (Å²) < 4.78 is 37.3. The van der Waals surface area contributed by atoms with Crippen molar-refractivity contribution in [2.75, 3.05) is 7.05 Å². The topological polar surface area (TPSA) is 12.0 Å². The molecule has 0 fully saturated rings. The molecule has 0 amide bonds. The summed E-state index contributed by atoms with van der Waals surface area (Å²) in [6.07, 6.45) is -4.28. The molecule has 0 saturated carbocycles. The molecule has 4 heteroatoms. The highest BCUT2D eigenvalue weighted by atomic mass is 19.4. The van der Waals surface area contributed by atoms with E-state index in [1.54, 1.807) is 13.1 Å². The Morgan fingerprint density at radius 1 is 1.07 bits per heavy atom. The summed E-state index contributed by atoms with van der Waals surface area (Å²) in [5, 5.41) is 2.97. The van der Waals surface area contributed by atoms with Crippen LogP contribution in [0.3, 0.4) is 0 Å². The number of nitrogens with one attached hydrogen (secondary N) is 1. The van der Waals surface area contributed by atoms with E-state index in [-0.39, 0.29) is 0 Å². The van der Waals surface area contributed by atoms with E-state index in [9.17, 15) is 13.2 Å². The molecule has 15 heavy (non-hydrogen) atoms. The number of rotatable bonds is 2. The highest BCUT2D eigenvalue weighted by molar-refractivity contribution is 5.30. The molecule has 0 spiro atoms. The predicted octanol–water partition coefficient (Wildman–Crippen LogP) is 3.16. The summed E-state index contributed by atoms with van der Waals surface area (Å²) in [6, 6.07) is 5.37. The zero-order chi connectivity index (χ0) is 11.7. The molecule has 0 bridgehead atoms. The molecular weight excluding hydrogens is 203 g/mol. The maximum absolute atomic E-state index is 12.4. The van der Waals surface area contributed by atoms with E-state index in [1.807, 2.05) is 13.8 Å². The van der Waals surface area contributed by atoms with Crippen molar-refractivity contribution in [3.05, 3.63) is 35.4 Å². The van der Waals surface area contributed by atoms with Gasteiger partial charge in [0, 0.05) is 5.54 Å². The molecule has 0 atom stereocenters. The number of benzene rings is 1. The monoisotopic (exact) mass is 217 g/mol. The van der Waals surface area contributed by atoms with Crippen molar-refractivity contribution in [2.24, 2.45) is 0 Å². The van der Waals surface area contributed by atoms with Crippen molar-refractivity contribution < 1.29 is 13.2 Å². The minimum Gasteiger partial charge on any atom is -0.311 e. The molecule has 0 radical (unpaired) electrons. The van der Waals surface area contributed by atoms with Crippen molar-refractivity contribution in [1.29, 1.82) is 0 Å². The van der Waals surface area contributed by atoms with Gasteiger partial charge in [-0.1, -0.05) is 12.1 Å². The molecule has 1 aromatic carbocycles. The van der Waals surface area contributed by atoms with E-state index in [0.717, 1.165) is 6.07 Å². The van der Waals surface area contributed by atoms with Crippen LogP contribution >= 0.6 is 0 Å². The fourth-order valence-electron chi connectivity index (χ4n) is 1.23. The summed E-state index contributed by atoms with van der Waals surface area (Å²) in [5.74, 6) is 0. The number of halogens is 3. The first-order valence-electron chi connectivity index (χ1n) is 4.64. The van der Waals surface area contributed by atoms with Gasteiger partial charge in [0.1, 0.15) is 0 Å². The van der Waals surface area contributed by atoms with Gasteiger partial charge in [-0.05, 0) is 38.6 Å². The van der Waals surface area contributed by atoms with Crippen LogP contribution in [0.25, 0.3) is 0 Å². The lowest BCUT2D eigenvalue weighted by molar-refractivity contribution is -0.137. The average Bonchev–Trinajstić information content (AvgIpc) is 2.17. The van der Waals surface area contributed by atoms with Crippen molar-refractivity contribution in [3.63, 3.8) is 0 Å². The number of hydrogen-bond donors (Lipinski definition) is 1. The molecule has 1 aromatic rings. The molecule has 0 heterocycles. The van der Waals surface area contributed by atoms with Gasteiger partial charge in [-0.2, -0.15) is 13.2 Å². The predicted molar refractivity (Wildman–Crippen MR) is 53.5 cm³/mol. The second kappa shape index (κ2) is 3.85. The van der Waals surface area contributed by atoms with Gasteiger partial charge in [-0.3, -0.25) is 0 Å². The third-order valence-corrected chi connectivity index (χ3v) is 2.54. The molecule has 0 aliphatic carbocycles. The molecule has 0 aliphatic heterocycles.